The summed E-state index contributed by atoms with van der Waals surface area (Å²) in [4.78, 5) is 61.2. The Labute approximate surface area is 245 Å². The molecule has 0 fully saturated rings. The zero-order valence-corrected chi connectivity index (χ0v) is 24.3. The highest BCUT2D eigenvalue weighted by atomic mass is 35.5. The van der Waals surface area contributed by atoms with Crippen molar-refractivity contribution < 1.29 is 29.1 Å². The van der Waals surface area contributed by atoms with Crippen LogP contribution in [0.15, 0.2) is 36.4 Å². The Bertz CT molecular complexity index is 1060. The number of imide groups is 1. The van der Waals surface area contributed by atoms with Gasteiger partial charge in [0.25, 0.3) is 11.8 Å². The van der Waals surface area contributed by atoms with Crippen LogP contribution in [0.5, 0.6) is 0 Å². The Balaban J connectivity index is 1.91. The summed E-state index contributed by atoms with van der Waals surface area (Å²) in [5.41, 5.74) is 6.58. The van der Waals surface area contributed by atoms with E-state index in [-0.39, 0.29) is 48.9 Å². The number of urea groups is 1. The summed E-state index contributed by atoms with van der Waals surface area (Å²) in [5, 5.41) is 22.1. The number of benzene rings is 1. The van der Waals surface area contributed by atoms with Crippen molar-refractivity contribution in [3.05, 3.63) is 42.0 Å². The van der Waals surface area contributed by atoms with Crippen LogP contribution in [0.25, 0.3) is 0 Å². The number of halogens is 1. The lowest BCUT2D eigenvalue weighted by atomic mass is 10.0. The number of nitrogens with two attached hydrogens (primary N) is 1. The number of primary amides is 1. The van der Waals surface area contributed by atoms with Gasteiger partial charge in [-0.05, 0) is 49.3 Å². The summed E-state index contributed by atoms with van der Waals surface area (Å²) in [5.74, 6) is -1.11. The van der Waals surface area contributed by atoms with E-state index < -0.39 is 24.3 Å². The molecule has 41 heavy (non-hydrogen) atoms. The van der Waals surface area contributed by atoms with Crippen molar-refractivity contribution in [1.82, 2.24) is 20.9 Å². The summed E-state index contributed by atoms with van der Waals surface area (Å²) < 4.78 is 0. The number of rotatable bonds is 18. The highest BCUT2D eigenvalue weighted by Gasteiger charge is 2.29. The molecule has 2 rings (SSSR count). The van der Waals surface area contributed by atoms with E-state index in [1.165, 1.54) is 17.1 Å². The van der Waals surface area contributed by atoms with Crippen LogP contribution in [0, 0.1) is 5.92 Å². The average molecular weight is 593 g/mol. The van der Waals surface area contributed by atoms with Gasteiger partial charge in [-0.3, -0.25) is 29.4 Å². The minimum atomic E-state index is -1.24. The molecule has 1 aliphatic rings. The van der Waals surface area contributed by atoms with Crippen LogP contribution >= 0.6 is 11.6 Å². The molecule has 226 valence electrons. The molecular formula is C28H41ClN6O6. The molecule has 3 atom stereocenters. The molecular weight excluding hydrogens is 552 g/mol. The number of nitrogens with one attached hydrogen (secondary N) is 4. The second-order valence-corrected chi connectivity index (χ2v) is 10.5. The molecule has 0 spiro atoms. The Morgan fingerprint density at radius 3 is 2.24 bits per heavy atom. The van der Waals surface area contributed by atoms with Crippen LogP contribution in [0.3, 0.4) is 0 Å². The minimum Gasteiger partial charge on any atom is -0.376 e. The minimum absolute atomic E-state index is 0.163. The summed E-state index contributed by atoms with van der Waals surface area (Å²) in [6, 6.07) is 4.86. The maximum atomic E-state index is 13.1. The number of carbonyl (C=O) groups excluding carboxylic acids is 5. The zero-order valence-electron chi connectivity index (χ0n) is 23.5. The van der Waals surface area contributed by atoms with Gasteiger partial charge in [-0.25, -0.2) is 4.79 Å². The van der Waals surface area contributed by atoms with Crippen LogP contribution in [0.1, 0.15) is 57.9 Å². The number of anilines is 1. The molecule has 13 heteroatoms. The molecule has 1 aromatic rings. The van der Waals surface area contributed by atoms with Gasteiger partial charge in [-0.15, -0.1) is 11.6 Å². The first-order chi connectivity index (χ1) is 19.5. The number of aliphatic hydroxyl groups excluding tert-OH is 1. The van der Waals surface area contributed by atoms with Crippen molar-refractivity contribution in [2.45, 2.75) is 76.6 Å². The summed E-state index contributed by atoms with van der Waals surface area (Å²) in [6.07, 6.45) is 3.91. The van der Waals surface area contributed by atoms with E-state index in [1.54, 1.807) is 24.3 Å². The first-order valence-electron chi connectivity index (χ1n) is 13.8. The first kappa shape index (κ1) is 33.7. The second-order valence-electron chi connectivity index (χ2n) is 10.2. The molecule has 7 N–H and O–H groups in total. The van der Waals surface area contributed by atoms with E-state index in [4.69, 9.17) is 17.3 Å². The lowest BCUT2D eigenvalue weighted by Gasteiger charge is -2.31. The Kier molecular flexibility index (Phi) is 14.3. The van der Waals surface area contributed by atoms with E-state index in [0.29, 0.717) is 43.8 Å². The van der Waals surface area contributed by atoms with Crippen LogP contribution in [-0.2, 0) is 25.1 Å². The van der Waals surface area contributed by atoms with Crippen molar-refractivity contribution in [3.8, 4) is 0 Å². The van der Waals surface area contributed by atoms with Crippen LogP contribution < -0.4 is 27.0 Å². The fourth-order valence-corrected chi connectivity index (χ4v) is 4.45. The van der Waals surface area contributed by atoms with Gasteiger partial charge < -0.3 is 26.8 Å². The lowest BCUT2D eigenvalue weighted by Crippen LogP contribution is -2.57. The predicted molar refractivity (Wildman–Crippen MR) is 155 cm³/mol. The predicted octanol–water partition coefficient (Wildman–Crippen LogP) is 1.72. The Morgan fingerprint density at radius 2 is 1.66 bits per heavy atom. The Morgan fingerprint density at radius 1 is 1.00 bits per heavy atom. The molecule has 0 bridgehead atoms. The molecule has 12 nitrogen and oxygen atoms in total. The highest BCUT2D eigenvalue weighted by Crippen LogP contribution is 2.14. The van der Waals surface area contributed by atoms with Crippen LogP contribution in [0.2, 0.25) is 0 Å². The largest absolute Gasteiger partial charge is 0.376 e. The van der Waals surface area contributed by atoms with Gasteiger partial charge in [0.2, 0.25) is 11.8 Å². The smallest absolute Gasteiger partial charge is 0.312 e. The molecule has 0 aliphatic carbocycles. The molecule has 0 saturated carbocycles. The standard InChI is InChI=1S/C28H41ClN6O6/c1-18(2)25(34-22(36)8-4-3-5-16-35-23(37)13-14-24(35)38)27(40)33-21(7-6-15-31-28(30)41)26(39)32-20-11-9-19(17-29)10-12-20/h9-14,18,21,25,27,33,40H,3-8,15-17H2,1-2H3,(H,32,39)(H,34,36)(H3,30,31,41)/t21-,25?,27-/m0/s1. The number of hydrogen-bond donors (Lipinski definition) is 6. The van der Waals surface area contributed by atoms with Gasteiger partial charge in [0.15, 0.2) is 0 Å². The highest BCUT2D eigenvalue weighted by molar-refractivity contribution is 6.17. The fraction of sp³-hybridized carbons (Fsp3) is 0.536. The normalized spacial score (nSPS) is 15.1. The molecule has 6 amide bonds. The van der Waals surface area contributed by atoms with Gasteiger partial charge in [0.05, 0.1) is 12.1 Å². The van der Waals surface area contributed by atoms with Crippen molar-refractivity contribution in [2.75, 3.05) is 18.4 Å². The third-order valence-corrected chi connectivity index (χ3v) is 6.91. The van der Waals surface area contributed by atoms with E-state index in [1.807, 2.05) is 13.8 Å². The summed E-state index contributed by atoms with van der Waals surface area (Å²) >= 11 is 5.83. The van der Waals surface area contributed by atoms with Crippen LogP contribution in [0.4, 0.5) is 10.5 Å². The number of carbonyl (C=O) groups is 5. The first-order valence-corrected chi connectivity index (χ1v) is 14.3. The molecule has 1 heterocycles. The third kappa shape index (κ3) is 11.9. The second kappa shape index (κ2) is 17.4. The van der Waals surface area contributed by atoms with E-state index in [2.05, 4.69) is 21.3 Å². The van der Waals surface area contributed by atoms with Crippen molar-refractivity contribution >= 4 is 46.9 Å². The van der Waals surface area contributed by atoms with Gasteiger partial charge in [-0.1, -0.05) is 32.4 Å². The third-order valence-electron chi connectivity index (χ3n) is 6.61. The van der Waals surface area contributed by atoms with Gasteiger partial charge in [0, 0.05) is 43.2 Å². The number of unbranched alkanes of at least 4 members (excludes halogenated alkanes) is 2. The quantitative estimate of drug-likeness (QED) is 0.0648. The summed E-state index contributed by atoms with van der Waals surface area (Å²) in [6.45, 7) is 4.25. The number of nitrogens with zero attached hydrogens (tertiary/aromatic N) is 1. The number of hydrogen-bond acceptors (Lipinski definition) is 7. The maximum absolute atomic E-state index is 13.1. The van der Waals surface area contributed by atoms with Crippen molar-refractivity contribution in [2.24, 2.45) is 11.7 Å². The SMILES string of the molecule is CC(C)C(NC(=O)CCCCCN1C(=O)C=CC1=O)[C@H](O)N[C@@H](CCCNC(N)=O)C(=O)Nc1ccc(CCl)cc1. The monoisotopic (exact) mass is 592 g/mol. The van der Waals surface area contributed by atoms with Gasteiger partial charge in [0.1, 0.15) is 6.23 Å². The van der Waals surface area contributed by atoms with Crippen LogP contribution in [-0.4, -0.2) is 71.1 Å². The number of aliphatic hydroxyl groups is 1. The molecule has 0 radical (unpaired) electrons. The maximum Gasteiger partial charge on any atom is 0.312 e. The molecule has 1 aliphatic heterocycles. The number of amides is 6. The van der Waals surface area contributed by atoms with E-state index >= 15 is 0 Å². The molecule has 0 aromatic heterocycles. The molecule has 0 saturated heterocycles. The zero-order chi connectivity index (χ0) is 30.4. The van der Waals surface area contributed by atoms with Gasteiger partial charge in [-0.2, -0.15) is 0 Å². The number of alkyl halides is 1. The summed E-state index contributed by atoms with van der Waals surface area (Å²) in [7, 11) is 0. The Hall–Kier alpha value is -3.48. The van der Waals surface area contributed by atoms with Gasteiger partial charge >= 0.3 is 6.03 Å². The average Bonchev–Trinajstić information content (AvgIpc) is 3.25. The molecule has 1 aromatic carbocycles. The van der Waals surface area contributed by atoms with E-state index in [0.717, 1.165) is 5.56 Å². The van der Waals surface area contributed by atoms with Crippen molar-refractivity contribution in [3.63, 3.8) is 0 Å². The molecule has 1 unspecified atom stereocenters. The fourth-order valence-electron chi connectivity index (χ4n) is 4.28. The lowest BCUT2D eigenvalue weighted by molar-refractivity contribution is -0.137. The van der Waals surface area contributed by atoms with Crippen molar-refractivity contribution in [1.29, 1.82) is 0 Å². The van der Waals surface area contributed by atoms with E-state index in [9.17, 15) is 29.1 Å². The topological polar surface area (TPSA) is 183 Å².